The Balaban J connectivity index is 2.41. The van der Waals surface area contributed by atoms with Crippen molar-refractivity contribution in [2.24, 2.45) is 10.9 Å². The first-order valence-electron chi connectivity index (χ1n) is 6.46. The molecule has 0 unspecified atom stereocenters. The van der Waals surface area contributed by atoms with Crippen molar-refractivity contribution in [3.8, 4) is 5.75 Å². The van der Waals surface area contributed by atoms with E-state index in [1.165, 1.54) is 0 Å². The summed E-state index contributed by atoms with van der Waals surface area (Å²) < 4.78 is 12.3. The Bertz CT molecular complexity index is 509. The molecule has 0 bridgehead atoms. The Labute approximate surface area is 123 Å². The molecule has 0 saturated carbocycles. The number of hydrogen-bond donors (Lipinski definition) is 0. The Morgan fingerprint density at radius 2 is 2.05 bits per heavy atom. The average molecular weight is 326 g/mol. The minimum absolute atomic E-state index is 0.167. The molecule has 0 spiro atoms. The van der Waals surface area contributed by atoms with E-state index in [2.05, 4.69) is 43.6 Å². The number of halogens is 1. The molecule has 1 atom stereocenters. The number of nitrogens with zero attached hydrogens (tertiary/aromatic N) is 1. The molecule has 0 aliphatic carbocycles. The number of ether oxygens (including phenoxy) is 2. The maximum Gasteiger partial charge on any atom is 0.218 e. The molecule has 0 amide bonds. The van der Waals surface area contributed by atoms with Gasteiger partial charge in [-0.2, -0.15) is 0 Å². The van der Waals surface area contributed by atoms with E-state index in [1.54, 1.807) is 7.11 Å². The molecule has 3 nitrogen and oxygen atoms in total. The van der Waals surface area contributed by atoms with Crippen molar-refractivity contribution in [2.75, 3.05) is 7.11 Å². The Hall–Kier alpha value is -1.03. The number of benzene rings is 1. The lowest BCUT2D eigenvalue weighted by Crippen LogP contribution is -2.36. The highest BCUT2D eigenvalue weighted by atomic mass is 79.9. The molecule has 19 heavy (non-hydrogen) atoms. The standard InChI is InChI=1S/C15H20BrNO2/c1-9(2)13-15(3,4)19-14(17-13)11-8-10(18-5)6-7-12(11)16/h6-9,13H,1-5H3/t13-/m0/s1. The van der Waals surface area contributed by atoms with Gasteiger partial charge >= 0.3 is 0 Å². The maximum atomic E-state index is 6.05. The van der Waals surface area contributed by atoms with Gasteiger partial charge in [0.05, 0.1) is 18.7 Å². The van der Waals surface area contributed by atoms with E-state index in [-0.39, 0.29) is 11.6 Å². The van der Waals surface area contributed by atoms with Crippen LogP contribution in [0.1, 0.15) is 33.3 Å². The molecule has 104 valence electrons. The highest BCUT2D eigenvalue weighted by Gasteiger charge is 2.40. The molecule has 1 aromatic carbocycles. The number of aliphatic imine (C=N–C) groups is 1. The highest BCUT2D eigenvalue weighted by Crippen LogP contribution is 2.34. The van der Waals surface area contributed by atoms with Gasteiger partial charge in [0.25, 0.3) is 0 Å². The predicted molar refractivity (Wildman–Crippen MR) is 81.0 cm³/mol. The van der Waals surface area contributed by atoms with E-state index in [4.69, 9.17) is 14.5 Å². The predicted octanol–water partition coefficient (Wildman–Crippen LogP) is 4.04. The van der Waals surface area contributed by atoms with Crippen molar-refractivity contribution in [3.05, 3.63) is 28.2 Å². The van der Waals surface area contributed by atoms with E-state index < -0.39 is 0 Å². The number of hydrogen-bond acceptors (Lipinski definition) is 3. The van der Waals surface area contributed by atoms with Crippen molar-refractivity contribution < 1.29 is 9.47 Å². The van der Waals surface area contributed by atoms with Gasteiger partial charge in [0, 0.05) is 4.47 Å². The summed E-state index contributed by atoms with van der Waals surface area (Å²) in [5.41, 5.74) is 0.669. The summed E-state index contributed by atoms with van der Waals surface area (Å²) in [7, 11) is 1.66. The SMILES string of the molecule is COc1ccc(Br)c(C2=N[C@@H](C(C)C)C(C)(C)O2)c1. The molecule has 1 heterocycles. The van der Waals surface area contributed by atoms with E-state index in [0.717, 1.165) is 15.8 Å². The van der Waals surface area contributed by atoms with Gasteiger partial charge in [-0.15, -0.1) is 0 Å². The second-order valence-electron chi connectivity index (χ2n) is 5.67. The van der Waals surface area contributed by atoms with E-state index in [1.807, 2.05) is 18.2 Å². The monoisotopic (exact) mass is 325 g/mol. The van der Waals surface area contributed by atoms with Crippen LogP contribution in [0.3, 0.4) is 0 Å². The van der Waals surface area contributed by atoms with Crippen LogP contribution < -0.4 is 4.74 Å². The zero-order valence-corrected chi connectivity index (χ0v) is 13.6. The molecule has 0 fully saturated rings. The van der Waals surface area contributed by atoms with Crippen LogP contribution in [-0.4, -0.2) is 24.7 Å². The fourth-order valence-electron chi connectivity index (χ4n) is 2.49. The normalized spacial score (nSPS) is 21.2. The largest absolute Gasteiger partial charge is 0.497 e. The Kier molecular flexibility index (Phi) is 3.90. The lowest BCUT2D eigenvalue weighted by molar-refractivity contribution is 0.0812. The second-order valence-corrected chi connectivity index (χ2v) is 6.53. The first-order valence-corrected chi connectivity index (χ1v) is 7.25. The van der Waals surface area contributed by atoms with Crippen LogP contribution in [-0.2, 0) is 4.74 Å². The third-order valence-corrected chi connectivity index (χ3v) is 4.06. The van der Waals surface area contributed by atoms with Crippen molar-refractivity contribution in [1.82, 2.24) is 0 Å². The van der Waals surface area contributed by atoms with Gasteiger partial charge in [-0.05, 0) is 53.9 Å². The molecule has 1 aliphatic heterocycles. The minimum atomic E-state index is -0.272. The summed E-state index contributed by atoms with van der Waals surface area (Å²) in [6.07, 6.45) is 0. The van der Waals surface area contributed by atoms with Crippen molar-refractivity contribution in [1.29, 1.82) is 0 Å². The quantitative estimate of drug-likeness (QED) is 0.839. The lowest BCUT2D eigenvalue weighted by Gasteiger charge is -2.27. The lowest BCUT2D eigenvalue weighted by atomic mass is 9.90. The summed E-state index contributed by atoms with van der Waals surface area (Å²) in [6, 6.07) is 5.98. The topological polar surface area (TPSA) is 30.8 Å². The zero-order valence-electron chi connectivity index (χ0n) is 12.0. The van der Waals surface area contributed by atoms with Gasteiger partial charge in [0.2, 0.25) is 5.90 Å². The number of methoxy groups -OCH3 is 1. The first kappa shape index (κ1) is 14.4. The first-order chi connectivity index (χ1) is 8.85. The van der Waals surface area contributed by atoms with Gasteiger partial charge in [-0.3, -0.25) is 0 Å². The maximum absolute atomic E-state index is 6.05. The van der Waals surface area contributed by atoms with E-state index in [0.29, 0.717) is 11.8 Å². The fraction of sp³-hybridized carbons (Fsp3) is 0.533. The van der Waals surface area contributed by atoms with Gasteiger partial charge in [0.15, 0.2) is 0 Å². The van der Waals surface area contributed by atoms with Gasteiger partial charge in [-0.1, -0.05) is 13.8 Å². The van der Waals surface area contributed by atoms with Gasteiger partial charge in [-0.25, -0.2) is 4.99 Å². The molecule has 0 aromatic heterocycles. The molecule has 2 rings (SSSR count). The van der Waals surface area contributed by atoms with Crippen LogP contribution in [0.15, 0.2) is 27.7 Å². The molecule has 4 heteroatoms. The zero-order chi connectivity index (χ0) is 14.2. The summed E-state index contributed by atoms with van der Waals surface area (Å²) >= 11 is 3.55. The molecule has 0 saturated heterocycles. The van der Waals surface area contributed by atoms with Gasteiger partial charge in [0.1, 0.15) is 11.4 Å². The van der Waals surface area contributed by atoms with Gasteiger partial charge < -0.3 is 9.47 Å². The molecule has 0 radical (unpaired) electrons. The molecule has 1 aliphatic rings. The van der Waals surface area contributed by atoms with Crippen molar-refractivity contribution >= 4 is 21.8 Å². The van der Waals surface area contributed by atoms with Crippen LogP contribution >= 0.6 is 15.9 Å². The fourth-order valence-corrected chi connectivity index (χ4v) is 2.91. The summed E-state index contributed by atoms with van der Waals surface area (Å²) in [5.74, 6) is 1.93. The third-order valence-electron chi connectivity index (χ3n) is 3.36. The summed E-state index contributed by atoms with van der Waals surface area (Å²) in [4.78, 5) is 4.76. The Morgan fingerprint density at radius 1 is 1.37 bits per heavy atom. The summed E-state index contributed by atoms with van der Waals surface area (Å²) in [5, 5.41) is 0. The molecular formula is C15H20BrNO2. The number of rotatable bonds is 3. The smallest absolute Gasteiger partial charge is 0.218 e. The molecular weight excluding hydrogens is 306 g/mol. The molecule has 1 aromatic rings. The van der Waals surface area contributed by atoms with Crippen LogP contribution in [0.25, 0.3) is 0 Å². The molecule has 0 N–H and O–H groups in total. The third kappa shape index (κ3) is 2.78. The second kappa shape index (κ2) is 5.16. The van der Waals surface area contributed by atoms with Crippen LogP contribution in [0.4, 0.5) is 0 Å². The van der Waals surface area contributed by atoms with Crippen molar-refractivity contribution in [2.45, 2.75) is 39.3 Å². The van der Waals surface area contributed by atoms with Crippen molar-refractivity contribution in [3.63, 3.8) is 0 Å². The minimum Gasteiger partial charge on any atom is -0.497 e. The van der Waals surface area contributed by atoms with E-state index in [9.17, 15) is 0 Å². The summed E-state index contributed by atoms with van der Waals surface area (Å²) in [6.45, 7) is 8.51. The van der Waals surface area contributed by atoms with Crippen LogP contribution in [0.2, 0.25) is 0 Å². The highest BCUT2D eigenvalue weighted by molar-refractivity contribution is 9.10. The Morgan fingerprint density at radius 3 is 2.58 bits per heavy atom. The van der Waals surface area contributed by atoms with Crippen LogP contribution in [0, 0.1) is 5.92 Å². The van der Waals surface area contributed by atoms with E-state index >= 15 is 0 Å². The average Bonchev–Trinajstić information content (AvgIpc) is 2.65. The van der Waals surface area contributed by atoms with Crippen LogP contribution in [0.5, 0.6) is 5.75 Å².